The van der Waals surface area contributed by atoms with Gasteiger partial charge in [-0.25, -0.2) is 4.98 Å². The molecule has 1 fully saturated rings. The van der Waals surface area contributed by atoms with Crippen LogP contribution in [0.25, 0.3) is 0 Å². The number of carbonyl (C=O) groups is 3. The lowest BCUT2D eigenvalue weighted by molar-refractivity contribution is -0.151. The first-order valence-corrected chi connectivity index (χ1v) is 11.3. The van der Waals surface area contributed by atoms with Crippen LogP contribution in [-0.2, 0) is 20.7 Å². The number of amides is 2. The Hall–Kier alpha value is -3.04. The Labute approximate surface area is 193 Å². The first-order valence-electron chi connectivity index (χ1n) is 11.3. The highest BCUT2D eigenvalue weighted by Gasteiger charge is 2.36. The highest BCUT2D eigenvalue weighted by molar-refractivity contribution is 5.99. The number of aryl methyl sites for hydroxylation is 1. The molecule has 3 rings (SSSR count). The number of rotatable bonds is 11. The third-order valence-electron chi connectivity index (χ3n) is 5.80. The fourth-order valence-corrected chi connectivity index (χ4v) is 3.87. The molecule has 2 heterocycles. The highest BCUT2D eigenvalue weighted by atomic mass is 16.5. The van der Waals surface area contributed by atoms with Crippen molar-refractivity contribution in [3.8, 4) is 0 Å². The predicted molar refractivity (Wildman–Crippen MR) is 119 cm³/mol. The number of aromatic nitrogens is 1. The van der Waals surface area contributed by atoms with Crippen LogP contribution in [0.15, 0.2) is 47.2 Å². The van der Waals surface area contributed by atoms with Crippen molar-refractivity contribution in [2.75, 3.05) is 26.3 Å². The molecule has 0 spiro atoms. The lowest BCUT2D eigenvalue weighted by Gasteiger charge is -2.31. The molecular formula is C24H31N3O6. The minimum Gasteiger partial charge on any atom is -0.442 e. The quantitative estimate of drug-likeness (QED) is 0.492. The number of aliphatic hydroxyl groups is 1. The van der Waals surface area contributed by atoms with Gasteiger partial charge in [0.25, 0.3) is 11.8 Å². The number of benzene rings is 1. The smallest absolute Gasteiger partial charge is 0.265 e. The molecule has 1 saturated heterocycles. The van der Waals surface area contributed by atoms with E-state index in [2.05, 4.69) is 10.3 Å². The molecule has 0 saturated carbocycles. The minimum atomic E-state index is -1.51. The number of morpholine rings is 1. The summed E-state index contributed by atoms with van der Waals surface area (Å²) in [6.45, 7) is 3.28. The third kappa shape index (κ3) is 6.72. The van der Waals surface area contributed by atoms with Gasteiger partial charge in [0.15, 0.2) is 0 Å². The number of aliphatic hydroxyl groups excluding tert-OH is 1. The van der Waals surface area contributed by atoms with Crippen LogP contribution in [0, 0.1) is 5.92 Å². The third-order valence-corrected chi connectivity index (χ3v) is 5.80. The van der Waals surface area contributed by atoms with Gasteiger partial charge in [0.05, 0.1) is 31.4 Å². The summed E-state index contributed by atoms with van der Waals surface area (Å²) in [6.07, 6.45) is 3.06. The van der Waals surface area contributed by atoms with Crippen LogP contribution in [-0.4, -0.2) is 71.0 Å². The average Bonchev–Trinajstić information content (AvgIpc) is 3.40. The monoisotopic (exact) mass is 457 g/mol. The zero-order valence-electron chi connectivity index (χ0n) is 18.8. The van der Waals surface area contributed by atoms with Crippen molar-refractivity contribution in [1.82, 2.24) is 15.2 Å². The number of oxazole rings is 1. The number of nitrogens with one attached hydrogen (secondary N) is 1. The predicted octanol–water partition coefficient (Wildman–Crippen LogP) is 1.61. The molecule has 9 heteroatoms. The van der Waals surface area contributed by atoms with Gasteiger partial charge in [-0.2, -0.15) is 0 Å². The molecule has 1 aliphatic rings. The molecule has 2 aromatic rings. The van der Waals surface area contributed by atoms with Crippen LogP contribution >= 0.6 is 0 Å². The lowest BCUT2D eigenvalue weighted by Crippen LogP contribution is -2.52. The Morgan fingerprint density at radius 3 is 2.55 bits per heavy atom. The molecular weight excluding hydrogens is 426 g/mol. The molecule has 2 amide bonds. The van der Waals surface area contributed by atoms with E-state index in [0.29, 0.717) is 52.0 Å². The number of carbonyl (C=O) groups excluding carboxylic acids is 3. The topological polar surface area (TPSA) is 122 Å². The normalized spacial score (nSPS) is 16.6. The Bertz CT molecular complexity index is 896. The number of ether oxygens (including phenoxy) is 1. The van der Waals surface area contributed by atoms with Gasteiger partial charge in [0.2, 0.25) is 11.7 Å². The highest BCUT2D eigenvalue weighted by Crippen LogP contribution is 2.19. The largest absolute Gasteiger partial charge is 0.442 e. The van der Waals surface area contributed by atoms with E-state index in [-0.39, 0.29) is 5.89 Å². The van der Waals surface area contributed by atoms with Crippen molar-refractivity contribution >= 4 is 17.6 Å². The second-order valence-electron chi connectivity index (χ2n) is 8.04. The van der Waals surface area contributed by atoms with Gasteiger partial charge in [-0.3, -0.25) is 14.4 Å². The van der Waals surface area contributed by atoms with Crippen LogP contribution in [0.5, 0.6) is 0 Å². The molecule has 178 valence electrons. The minimum absolute atomic E-state index is 0.0901. The van der Waals surface area contributed by atoms with Gasteiger partial charge >= 0.3 is 0 Å². The van der Waals surface area contributed by atoms with E-state index in [0.717, 1.165) is 5.56 Å². The van der Waals surface area contributed by atoms with E-state index in [9.17, 15) is 19.5 Å². The van der Waals surface area contributed by atoms with E-state index >= 15 is 0 Å². The summed E-state index contributed by atoms with van der Waals surface area (Å²) < 4.78 is 10.3. The maximum absolute atomic E-state index is 13.2. The second kappa shape index (κ2) is 12.3. The van der Waals surface area contributed by atoms with E-state index in [1.54, 1.807) is 6.92 Å². The van der Waals surface area contributed by atoms with Crippen molar-refractivity contribution in [3.05, 3.63) is 54.2 Å². The Morgan fingerprint density at radius 1 is 1.18 bits per heavy atom. The Balaban J connectivity index is 1.70. The van der Waals surface area contributed by atoms with Crippen molar-refractivity contribution in [2.24, 2.45) is 5.92 Å². The number of ketones is 1. The van der Waals surface area contributed by atoms with Gasteiger partial charge in [0, 0.05) is 13.1 Å². The number of hydrogen-bond donors (Lipinski definition) is 2. The molecule has 3 unspecified atom stereocenters. The first-order chi connectivity index (χ1) is 16.0. The molecule has 1 aromatic carbocycles. The van der Waals surface area contributed by atoms with Crippen LogP contribution < -0.4 is 5.32 Å². The maximum Gasteiger partial charge on any atom is 0.265 e. The summed E-state index contributed by atoms with van der Waals surface area (Å²) in [5.41, 5.74) is 1.11. The molecule has 0 aliphatic carbocycles. The molecule has 2 N–H and O–H groups in total. The summed E-state index contributed by atoms with van der Waals surface area (Å²) in [4.78, 5) is 44.1. The molecule has 9 nitrogen and oxygen atoms in total. The van der Waals surface area contributed by atoms with Crippen LogP contribution in [0.3, 0.4) is 0 Å². The summed E-state index contributed by atoms with van der Waals surface area (Å²) in [6, 6.07) is 8.94. The van der Waals surface area contributed by atoms with Gasteiger partial charge in [-0.05, 0) is 31.2 Å². The van der Waals surface area contributed by atoms with Gasteiger partial charge in [-0.1, -0.05) is 37.3 Å². The Kier molecular flexibility index (Phi) is 9.14. The van der Waals surface area contributed by atoms with E-state index in [1.807, 2.05) is 30.3 Å². The second-order valence-corrected chi connectivity index (χ2v) is 8.04. The zero-order chi connectivity index (χ0) is 23.6. The van der Waals surface area contributed by atoms with Gasteiger partial charge in [0.1, 0.15) is 12.4 Å². The van der Waals surface area contributed by atoms with Gasteiger partial charge in [-0.15, -0.1) is 0 Å². The van der Waals surface area contributed by atoms with Crippen LogP contribution in [0.4, 0.5) is 0 Å². The van der Waals surface area contributed by atoms with E-state index in [4.69, 9.17) is 9.15 Å². The molecule has 1 aromatic heterocycles. The molecule has 0 bridgehead atoms. The Morgan fingerprint density at radius 2 is 1.91 bits per heavy atom. The maximum atomic E-state index is 13.2. The molecule has 33 heavy (non-hydrogen) atoms. The van der Waals surface area contributed by atoms with Gasteiger partial charge < -0.3 is 24.5 Å². The van der Waals surface area contributed by atoms with Crippen molar-refractivity contribution < 1.29 is 28.6 Å². The number of hydrogen-bond acceptors (Lipinski definition) is 7. The summed E-state index contributed by atoms with van der Waals surface area (Å²) in [5.74, 6) is -2.56. The molecule has 3 atom stereocenters. The van der Waals surface area contributed by atoms with Crippen LogP contribution in [0.2, 0.25) is 0 Å². The molecule has 0 radical (unpaired) electrons. The SMILES string of the molecule is CCC(NC(=O)C(CCCc1ccccc1)C(O)C(=O)N1CCOCC1)C(=O)c1ncco1. The first kappa shape index (κ1) is 24.6. The summed E-state index contributed by atoms with van der Waals surface area (Å²) in [7, 11) is 0. The fraction of sp³-hybridized carbons (Fsp3) is 0.500. The fourth-order valence-electron chi connectivity index (χ4n) is 3.87. The average molecular weight is 458 g/mol. The van der Waals surface area contributed by atoms with E-state index in [1.165, 1.54) is 17.4 Å². The van der Waals surface area contributed by atoms with Crippen LogP contribution in [0.1, 0.15) is 42.4 Å². The van der Waals surface area contributed by atoms with Crippen molar-refractivity contribution in [3.63, 3.8) is 0 Å². The number of Topliss-reactive ketones (excluding diaryl/α,β-unsaturated/α-hetero) is 1. The standard InChI is InChI=1S/C24H31N3O6/c1-2-19(21(29)23-25-11-14-33-23)26-22(30)18(10-6-9-17-7-4-3-5-8-17)20(28)24(31)27-12-15-32-16-13-27/h3-5,7-8,11,14,18-20,28H,2,6,9-10,12-13,15-16H2,1H3,(H,26,30). The van der Waals surface area contributed by atoms with Crippen molar-refractivity contribution in [1.29, 1.82) is 0 Å². The lowest BCUT2D eigenvalue weighted by atomic mass is 9.92. The summed E-state index contributed by atoms with van der Waals surface area (Å²) in [5, 5.41) is 13.6. The summed E-state index contributed by atoms with van der Waals surface area (Å²) >= 11 is 0. The van der Waals surface area contributed by atoms with E-state index < -0.39 is 35.7 Å². The molecule has 1 aliphatic heterocycles. The zero-order valence-corrected chi connectivity index (χ0v) is 18.8. The number of nitrogens with zero attached hydrogens (tertiary/aromatic N) is 2. The van der Waals surface area contributed by atoms with Crippen molar-refractivity contribution in [2.45, 2.75) is 44.8 Å².